The average molecular weight is 402 g/mol. The van der Waals surface area contributed by atoms with E-state index in [0.29, 0.717) is 5.25 Å². The Bertz CT molecular complexity index is 1050. The number of carbonyl (C=O) groups is 1. The molecule has 1 saturated heterocycles. The lowest BCUT2D eigenvalue weighted by Crippen LogP contribution is -2.74. The standard InChI is InChI=1S/C25H23NO2S/c1-17-12-14-19(15-13-17)25-16-18(2)29-22-11-7-6-10-21(22)26(25)24(27)23(25)28-20-8-4-3-5-9-20/h3-15,18,23H,16H2,1-2H3/t18-,23-,25+/m0/s1. The number of para-hydroxylation sites is 2. The minimum absolute atomic E-state index is 0.0246. The highest BCUT2D eigenvalue weighted by atomic mass is 32.2. The number of aryl methyl sites for hydroxylation is 1. The summed E-state index contributed by atoms with van der Waals surface area (Å²) in [6, 6.07) is 26.4. The Morgan fingerprint density at radius 3 is 2.41 bits per heavy atom. The van der Waals surface area contributed by atoms with Gasteiger partial charge in [0.25, 0.3) is 5.91 Å². The summed E-state index contributed by atoms with van der Waals surface area (Å²) in [6.45, 7) is 4.33. The monoisotopic (exact) mass is 401 g/mol. The summed E-state index contributed by atoms with van der Waals surface area (Å²) >= 11 is 1.84. The van der Waals surface area contributed by atoms with Gasteiger partial charge >= 0.3 is 0 Å². The highest BCUT2D eigenvalue weighted by Crippen LogP contribution is 2.55. The van der Waals surface area contributed by atoms with E-state index < -0.39 is 11.6 Å². The Hall–Kier alpha value is -2.72. The predicted octanol–water partition coefficient (Wildman–Crippen LogP) is 5.57. The molecule has 0 unspecified atom stereocenters. The van der Waals surface area contributed by atoms with Crippen LogP contribution < -0.4 is 9.64 Å². The molecule has 5 rings (SSSR count). The molecule has 0 spiro atoms. The van der Waals surface area contributed by atoms with Crippen LogP contribution in [-0.4, -0.2) is 17.3 Å². The second kappa shape index (κ2) is 6.96. The Morgan fingerprint density at radius 2 is 1.66 bits per heavy atom. The highest BCUT2D eigenvalue weighted by molar-refractivity contribution is 8.00. The van der Waals surface area contributed by atoms with Crippen molar-refractivity contribution in [1.29, 1.82) is 0 Å². The summed E-state index contributed by atoms with van der Waals surface area (Å²) in [7, 11) is 0. The zero-order valence-electron chi connectivity index (χ0n) is 16.5. The van der Waals surface area contributed by atoms with Crippen molar-refractivity contribution < 1.29 is 9.53 Å². The van der Waals surface area contributed by atoms with Crippen molar-refractivity contribution in [1.82, 2.24) is 0 Å². The van der Waals surface area contributed by atoms with Gasteiger partial charge in [0.1, 0.15) is 11.3 Å². The summed E-state index contributed by atoms with van der Waals surface area (Å²) in [6.07, 6.45) is 0.292. The molecule has 2 aliphatic heterocycles. The second-order valence-corrected chi connectivity index (χ2v) is 9.36. The Morgan fingerprint density at radius 1 is 0.966 bits per heavy atom. The van der Waals surface area contributed by atoms with Crippen LogP contribution in [0.1, 0.15) is 24.5 Å². The molecule has 0 aromatic heterocycles. The third kappa shape index (κ3) is 2.85. The van der Waals surface area contributed by atoms with Gasteiger partial charge in [-0.1, -0.05) is 67.1 Å². The maximum absolute atomic E-state index is 13.5. The Balaban J connectivity index is 1.67. The summed E-state index contributed by atoms with van der Waals surface area (Å²) in [4.78, 5) is 16.6. The molecular formula is C25H23NO2S. The highest BCUT2D eigenvalue weighted by Gasteiger charge is 2.65. The number of hydrogen-bond donors (Lipinski definition) is 0. The molecule has 1 amide bonds. The molecule has 29 heavy (non-hydrogen) atoms. The first kappa shape index (κ1) is 18.3. The van der Waals surface area contributed by atoms with Crippen LogP contribution in [0.5, 0.6) is 5.75 Å². The van der Waals surface area contributed by atoms with Gasteiger partial charge in [-0.05, 0) is 43.2 Å². The molecule has 3 atom stereocenters. The first-order valence-electron chi connectivity index (χ1n) is 9.98. The molecule has 2 aliphatic rings. The zero-order chi connectivity index (χ0) is 20.0. The molecule has 146 valence electrons. The van der Waals surface area contributed by atoms with Gasteiger partial charge < -0.3 is 4.74 Å². The SMILES string of the molecule is Cc1ccc([C@@]23C[C@H](C)Sc4ccccc4N2C(=O)[C@@H]3Oc2ccccc2)cc1. The predicted molar refractivity (Wildman–Crippen MR) is 118 cm³/mol. The van der Waals surface area contributed by atoms with E-state index in [4.69, 9.17) is 4.74 Å². The number of nitrogens with zero attached hydrogens (tertiary/aromatic N) is 1. The molecular weight excluding hydrogens is 378 g/mol. The number of fused-ring (bicyclic) bond motifs is 3. The lowest BCUT2D eigenvalue weighted by molar-refractivity contribution is -0.142. The van der Waals surface area contributed by atoms with E-state index in [1.54, 1.807) is 0 Å². The van der Waals surface area contributed by atoms with Crippen LogP contribution in [0.25, 0.3) is 0 Å². The van der Waals surface area contributed by atoms with Crippen LogP contribution in [0.15, 0.2) is 83.8 Å². The first-order valence-corrected chi connectivity index (χ1v) is 10.9. The van der Waals surface area contributed by atoms with Gasteiger partial charge in [0, 0.05) is 10.1 Å². The molecule has 3 aromatic carbocycles. The summed E-state index contributed by atoms with van der Waals surface area (Å²) in [5.41, 5.74) is 2.81. The zero-order valence-corrected chi connectivity index (χ0v) is 17.4. The van der Waals surface area contributed by atoms with E-state index in [1.165, 1.54) is 5.56 Å². The van der Waals surface area contributed by atoms with Crippen LogP contribution in [0.2, 0.25) is 0 Å². The van der Waals surface area contributed by atoms with E-state index in [0.717, 1.165) is 28.3 Å². The fourth-order valence-corrected chi connectivity index (χ4v) is 5.77. The molecule has 1 fully saturated rings. The van der Waals surface area contributed by atoms with E-state index in [-0.39, 0.29) is 5.91 Å². The molecule has 2 heterocycles. The van der Waals surface area contributed by atoms with Crippen LogP contribution in [0, 0.1) is 6.92 Å². The fourth-order valence-electron chi connectivity index (χ4n) is 4.56. The second-order valence-electron chi connectivity index (χ2n) is 7.88. The molecule has 0 aliphatic carbocycles. The molecule has 3 nitrogen and oxygen atoms in total. The van der Waals surface area contributed by atoms with Gasteiger partial charge in [0.05, 0.1) is 5.69 Å². The van der Waals surface area contributed by atoms with Gasteiger partial charge in [-0.25, -0.2) is 0 Å². The van der Waals surface area contributed by atoms with Gasteiger partial charge in [-0.2, -0.15) is 0 Å². The molecule has 3 aromatic rings. The van der Waals surface area contributed by atoms with E-state index in [2.05, 4.69) is 50.2 Å². The average Bonchev–Trinajstić information content (AvgIpc) is 2.85. The summed E-state index contributed by atoms with van der Waals surface area (Å²) in [5, 5.41) is 0.345. The summed E-state index contributed by atoms with van der Waals surface area (Å²) in [5.74, 6) is 0.756. The van der Waals surface area contributed by atoms with Crippen molar-refractivity contribution in [3.63, 3.8) is 0 Å². The lowest BCUT2D eigenvalue weighted by Gasteiger charge is -2.56. The lowest BCUT2D eigenvalue weighted by atomic mass is 9.71. The van der Waals surface area contributed by atoms with E-state index >= 15 is 0 Å². The van der Waals surface area contributed by atoms with E-state index in [9.17, 15) is 4.79 Å². The number of anilines is 1. The minimum Gasteiger partial charge on any atom is -0.478 e. The third-order valence-electron chi connectivity index (χ3n) is 5.86. The Kier molecular flexibility index (Phi) is 4.39. The Labute approximate surface area is 175 Å². The molecule has 4 heteroatoms. The molecule has 0 radical (unpaired) electrons. The normalized spacial score (nSPS) is 25.4. The maximum atomic E-state index is 13.5. The third-order valence-corrected chi connectivity index (χ3v) is 7.03. The van der Waals surface area contributed by atoms with Crippen LogP contribution in [0.4, 0.5) is 5.69 Å². The number of amides is 1. The largest absolute Gasteiger partial charge is 0.478 e. The maximum Gasteiger partial charge on any atom is 0.271 e. The molecule has 0 saturated carbocycles. The molecule has 0 N–H and O–H groups in total. The van der Waals surface area contributed by atoms with Crippen molar-refractivity contribution >= 4 is 23.4 Å². The van der Waals surface area contributed by atoms with Gasteiger partial charge in [0.2, 0.25) is 6.10 Å². The van der Waals surface area contributed by atoms with Crippen molar-refractivity contribution in [2.24, 2.45) is 0 Å². The van der Waals surface area contributed by atoms with Crippen LogP contribution in [-0.2, 0) is 10.3 Å². The van der Waals surface area contributed by atoms with Crippen molar-refractivity contribution in [2.45, 2.75) is 42.1 Å². The number of hydrogen-bond acceptors (Lipinski definition) is 3. The van der Waals surface area contributed by atoms with Gasteiger partial charge in [0.15, 0.2) is 0 Å². The van der Waals surface area contributed by atoms with Gasteiger partial charge in [-0.15, -0.1) is 11.8 Å². The number of carbonyl (C=O) groups excluding carboxylic acids is 1. The number of ether oxygens (including phenoxy) is 1. The van der Waals surface area contributed by atoms with Crippen molar-refractivity contribution in [2.75, 3.05) is 4.90 Å². The van der Waals surface area contributed by atoms with Crippen molar-refractivity contribution in [3.8, 4) is 5.75 Å². The van der Waals surface area contributed by atoms with Crippen molar-refractivity contribution in [3.05, 3.63) is 90.0 Å². The smallest absolute Gasteiger partial charge is 0.271 e. The minimum atomic E-state index is -0.540. The van der Waals surface area contributed by atoms with Gasteiger partial charge in [-0.3, -0.25) is 9.69 Å². The number of benzene rings is 3. The number of rotatable bonds is 3. The van der Waals surface area contributed by atoms with Crippen LogP contribution >= 0.6 is 11.8 Å². The van der Waals surface area contributed by atoms with Crippen LogP contribution in [0.3, 0.4) is 0 Å². The number of β-lactam (4-membered cyclic amide) rings is 1. The molecule has 0 bridgehead atoms. The quantitative estimate of drug-likeness (QED) is 0.538. The summed E-state index contributed by atoms with van der Waals surface area (Å²) < 4.78 is 6.34. The first-order chi connectivity index (χ1) is 14.1. The van der Waals surface area contributed by atoms with E-state index in [1.807, 2.05) is 59.1 Å². The number of thioether (sulfide) groups is 1. The topological polar surface area (TPSA) is 29.5 Å². The fraction of sp³-hybridized carbons (Fsp3) is 0.240.